The van der Waals surface area contributed by atoms with Crippen LogP contribution in [0.3, 0.4) is 0 Å². The Morgan fingerprint density at radius 1 is 1.41 bits per heavy atom. The summed E-state index contributed by atoms with van der Waals surface area (Å²) in [5, 5.41) is 14.2. The molecule has 1 aliphatic rings. The number of amides is 2. The topological polar surface area (TPSA) is 105 Å². The summed E-state index contributed by atoms with van der Waals surface area (Å²) >= 11 is 0. The number of hydrogen-bond acceptors (Lipinski definition) is 4. The van der Waals surface area contributed by atoms with E-state index in [0.29, 0.717) is 12.2 Å². The number of carboxylic acids is 1. The van der Waals surface area contributed by atoms with Gasteiger partial charge in [-0.05, 0) is 24.1 Å². The molecule has 7 nitrogen and oxygen atoms in total. The van der Waals surface area contributed by atoms with Gasteiger partial charge in [0.1, 0.15) is 17.8 Å². The standard InChI is InChI=1S/C15H18N2O5/c1-22-10-4-2-9(3-5-10)8-12(15(20)21)17-14(19)11-6-7-13(18)16-11/h2-5,11-12H,6-8H2,1H3,(H,16,18)(H,17,19)(H,20,21)/t11-,12-/m0/s1. The summed E-state index contributed by atoms with van der Waals surface area (Å²) in [6, 6.07) is 5.26. The third kappa shape index (κ3) is 3.97. The molecule has 1 fully saturated rings. The highest BCUT2D eigenvalue weighted by Gasteiger charge is 2.30. The zero-order valence-electron chi connectivity index (χ0n) is 12.2. The van der Waals surface area contributed by atoms with E-state index in [1.165, 1.54) is 0 Å². The van der Waals surface area contributed by atoms with Crippen molar-refractivity contribution >= 4 is 17.8 Å². The van der Waals surface area contributed by atoms with Gasteiger partial charge in [-0.15, -0.1) is 0 Å². The summed E-state index contributed by atoms with van der Waals surface area (Å²) < 4.78 is 5.04. The normalized spacial score (nSPS) is 18.4. The van der Waals surface area contributed by atoms with Crippen molar-refractivity contribution in [1.82, 2.24) is 10.6 Å². The first-order valence-electron chi connectivity index (χ1n) is 6.95. The molecule has 2 rings (SSSR count). The molecule has 2 amide bonds. The van der Waals surface area contributed by atoms with Gasteiger partial charge < -0.3 is 20.5 Å². The zero-order valence-corrected chi connectivity index (χ0v) is 12.2. The van der Waals surface area contributed by atoms with E-state index in [-0.39, 0.29) is 18.7 Å². The highest BCUT2D eigenvalue weighted by Crippen LogP contribution is 2.13. The number of methoxy groups -OCH3 is 1. The number of carbonyl (C=O) groups excluding carboxylic acids is 2. The Balaban J connectivity index is 1.98. The molecule has 1 aliphatic heterocycles. The molecule has 22 heavy (non-hydrogen) atoms. The van der Waals surface area contributed by atoms with Crippen LogP contribution in [0, 0.1) is 0 Å². The van der Waals surface area contributed by atoms with Gasteiger partial charge in [0.05, 0.1) is 7.11 Å². The number of carboxylic acid groups (broad SMARTS) is 1. The monoisotopic (exact) mass is 306 g/mol. The van der Waals surface area contributed by atoms with E-state index in [1.807, 2.05) is 0 Å². The number of aliphatic carboxylic acids is 1. The van der Waals surface area contributed by atoms with Crippen LogP contribution < -0.4 is 15.4 Å². The van der Waals surface area contributed by atoms with Crippen LogP contribution in [-0.2, 0) is 20.8 Å². The van der Waals surface area contributed by atoms with Crippen molar-refractivity contribution in [3.05, 3.63) is 29.8 Å². The molecule has 3 N–H and O–H groups in total. The molecule has 1 aromatic carbocycles. The van der Waals surface area contributed by atoms with Crippen LogP contribution in [0.1, 0.15) is 18.4 Å². The molecule has 0 unspecified atom stereocenters. The molecule has 1 heterocycles. The van der Waals surface area contributed by atoms with Crippen LogP contribution in [0.4, 0.5) is 0 Å². The van der Waals surface area contributed by atoms with Crippen LogP contribution >= 0.6 is 0 Å². The lowest BCUT2D eigenvalue weighted by Crippen LogP contribution is -2.49. The number of rotatable bonds is 6. The Labute approximate surface area is 127 Å². The van der Waals surface area contributed by atoms with Crippen molar-refractivity contribution in [3.63, 3.8) is 0 Å². The minimum absolute atomic E-state index is 0.158. The van der Waals surface area contributed by atoms with Crippen molar-refractivity contribution < 1.29 is 24.2 Å². The van der Waals surface area contributed by atoms with Gasteiger partial charge in [-0.2, -0.15) is 0 Å². The Morgan fingerprint density at radius 2 is 2.09 bits per heavy atom. The fourth-order valence-electron chi connectivity index (χ4n) is 2.28. The second kappa shape index (κ2) is 6.93. The Morgan fingerprint density at radius 3 is 2.59 bits per heavy atom. The first-order chi connectivity index (χ1) is 10.5. The molecule has 0 bridgehead atoms. The number of hydrogen-bond donors (Lipinski definition) is 3. The number of nitrogens with one attached hydrogen (secondary N) is 2. The van der Waals surface area contributed by atoms with Crippen molar-refractivity contribution in [2.75, 3.05) is 7.11 Å². The second-order valence-corrected chi connectivity index (χ2v) is 5.11. The van der Waals surface area contributed by atoms with E-state index in [9.17, 15) is 19.5 Å². The van der Waals surface area contributed by atoms with Gasteiger partial charge in [0, 0.05) is 12.8 Å². The lowest BCUT2D eigenvalue weighted by atomic mass is 10.1. The minimum atomic E-state index is -1.12. The molecular weight excluding hydrogens is 288 g/mol. The van der Waals surface area contributed by atoms with Crippen LogP contribution in [0.2, 0.25) is 0 Å². The van der Waals surface area contributed by atoms with E-state index in [4.69, 9.17) is 4.74 Å². The quantitative estimate of drug-likeness (QED) is 0.690. The Bertz CT molecular complexity index is 570. The summed E-state index contributed by atoms with van der Waals surface area (Å²) in [5.74, 6) is -1.10. The van der Waals surface area contributed by atoms with Gasteiger partial charge in [-0.3, -0.25) is 9.59 Å². The Kier molecular flexibility index (Phi) is 4.98. The summed E-state index contributed by atoms with van der Waals surface area (Å²) in [7, 11) is 1.55. The summed E-state index contributed by atoms with van der Waals surface area (Å²) in [6.07, 6.45) is 0.833. The smallest absolute Gasteiger partial charge is 0.326 e. The molecule has 1 saturated heterocycles. The van der Waals surface area contributed by atoms with Gasteiger partial charge in [-0.25, -0.2) is 4.79 Å². The first-order valence-corrected chi connectivity index (χ1v) is 6.95. The Hall–Kier alpha value is -2.57. The zero-order chi connectivity index (χ0) is 16.1. The first kappa shape index (κ1) is 15.8. The van der Waals surface area contributed by atoms with E-state index < -0.39 is 24.0 Å². The lowest BCUT2D eigenvalue weighted by Gasteiger charge is -2.17. The average Bonchev–Trinajstić information content (AvgIpc) is 2.94. The highest BCUT2D eigenvalue weighted by atomic mass is 16.5. The van der Waals surface area contributed by atoms with Gasteiger partial charge in [0.25, 0.3) is 0 Å². The van der Waals surface area contributed by atoms with Crippen molar-refractivity contribution in [1.29, 1.82) is 0 Å². The molecule has 2 atom stereocenters. The molecule has 0 radical (unpaired) electrons. The van der Waals surface area contributed by atoms with E-state index >= 15 is 0 Å². The van der Waals surface area contributed by atoms with E-state index in [1.54, 1.807) is 31.4 Å². The molecule has 1 aromatic rings. The molecule has 0 aliphatic carbocycles. The minimum Gasteiger partial charge on any atom is -0.497 e. The van der Waals surface area contributed by atoms with Gasteiger partial charge >= 0.3 is 5.97 Å². The summed E-state index contributed by atoms with van der Waals surface area (Å²) in [4.78, 5) is 34.4. The van der Waals surface area contributed by atoms with Crippen molar-refractivity contribution in [2.24, 2.45) is 0 Å². The summed E-state index contributed by atoms with van der Waals surface area (Å²) in [6.45, 7) is 0. The third-order valence-corrected chi connectivity index (χ3v) is 3.53. The predicted octanol–water partition coefficient (Wildman–Crippen LogP) is 0.0857. The number of carbonyl (C=O) groups is 3. The molecule has 0 saturated carbocycles. The van der Waals surface area contributed by atoms with Gasteiger partial charge in [-0.1, -0.05) is 12.1 Å². The van der Waals surface area contributed by atoms with E-state index in [0.717, 1.165) is 5.56 Å². The van der Waals surface area contributed by atoms with Crippen LogP contribution in [0.5, 0.6) is 5.75 Å². The number of benzene rings is 1. The number of ether oxygens (including phenoxy) is 1. The summed E-state index contributed by atoms with van der Waals surface area (Å²) in [5.41, 5.74) is 0.768. The largest absolute Gasteiger partial charge is 0.497 e. The maximum Gasteiger partial charge on any atom is 0.326 e. The maximum atomic E-state index is 12.0. The molecule has 0 aromatic heterocycles. The maximum absolute atomic E-state index is 12.0. The lowest BCUT2D eigenvalue weighted by molar-refractivity contribution is -0.142. The van der Waals surface area contributed by atoms with Crippen molar-refractivity contribution in [3.8, 4) is 5.75 Å². The van der Waals surface area contributed by atoms with Crippen LogP contribution in [0.25, 0.3) is 0 Å². The fraction of sp³-hybridized carbons (Fsp3) is 0.400. The molecular formula is C15H18N2O5. The highest BCUT2D eigenvalue weighted by molar-refractivity contribution is 5.92. The fourth-order valence-corrected chi connectivity index (χ4v) is 2.28. The molecule has 0 spiro atoms. The third-order valence-electron chi connectivity index (χ3n) is 3.53. The SMILES string of the molecule is COc1ccc(C[C@H](NC(=O)[C@@H]2CCC(=O)N2)C(=O)O)cc1. The average molecular weight is 306 g/mol. The van der Waals surface area contributed by atoms with Gasteiger partial charge in [0.2, 0.25) is 11.8 Å². The predicted molar refractivity (Wildman–Crippen MR) is 77.4 cm³/mol. The van der Waals surface area contributed by atoms with Crippen molar-refractivity contribution in [2.45, 2.75) is 31.3 Å². The second-order valence-electron chi connectivity index (χ2n) is 5.11. The van der Waals surface area contributed by atoms with E-state index in [2.05, 4.69) is 10.6 Å². The van der Waals surface area contributed by atoms with Crippen LogP contribution in [0.15, 0.2) is 24.3 Å². The van der Waals surface area contributed by atoms with Gasteiger partial charge in [0.15, 0.2) is 0 Å². The molecule has 118 valence electrons. The van der Waals surface area contributed by atoms with Crippen LogP contribution in [-0.4, -0.2) is 42.1 Å². The molecule has 7 heteroatoms.